The van der Waals surface area contributed by atoms with Crippen molar-refractivity contribution < 1.29 is 23.8 Å². The third-order valence-corrected chi connectivity index (χ3v) is 6.68. The van der Waals surface area contributed by atoms with Crippen LogP contribution >= 0.6 is 15.9 Å². The highest BCUT2D eigenvalue weighted by molar-refractivity contribution is 9.10. The van der Waals surface area contributed by atoms with E-state index in [1.54, 1.807) is 14.0 Å². The number of Topliss-reactive ketones (excluding diaryl/α,β-unsaturated/α-hetero) is 1. The van der Waals surface area contributed by atoms with Gasteiger partial charge in [0, 0.05) is 39.3 Å². The van der Waals surface area contributed by atoms with Crippen molar-refractivity contribution in [3.8, 4) is 11.5 Å². The first kappa shape index (κ1) is 24.1. The zero-order chi connectivity index (χ0) is 24.2. The van der Waals surface area contributed by atoms with Crippen molar-refractivity contribution in [2.45, 2.75) is 38.7 Å². The van der Waals surface area contributed by atoms with Crippen LogP contribution < -0.4 is 14.8 Å². The van der Waals surface area contributed by atoms with Crippen LogP contribution in [0.25, 0.3) is 0 Å². The highest BCUT2D eigenvalue weighted by Gasteiger charge is 2.44. The summed E-state index contributed by atoms with van der Waals surface area (Å²) in [6, 6.07) is 13.3. The molecule has 178 valence electrons. The molecule has 1 aliphatic heterocycles. The third-order valence-electron chi connectivity index (χ3n) is 6.18. The van der Waals surface area contributed by atoms with Gasteiger partial charge >= 0.3 is 5.97 Å². The zero-order valence-electron chi connectivity index (χ0n) is 19.4. The van der Waals surface area contributed by atoms with Crippen molar-refractivity contribution in [3.05, 3.63) is 81.6 Å². The van der Waals surface area contributed by atoms with Gasteiger partial charge in [-0.05, 0) is 55.7 Å². The van der Waals surface area contributed by atoms with Crippen molar-refractivity contribution >= 4 is 27.7 Å². The Morgan fingerprint density at radius 2 is 2.03 bits per heavy atom. The number of nitrogens with one attached hydrogen (secondary N) is 1. The molecule has 1 aliphatic carbocycles. The molecule has 7 heteroatoms. The number of rotatable bonds is 7. The molecule has 2 unspecified atom stereocenters. The minimum absolute atomic E-state index is 0.0586. The lowest BCUT2D eigenvalue weighted by Gasteiger charge is -2.38. The molecule has 0 saturated heterocycles. The third kappa shape index (κ3) is 4.89. The van der Waals surface area contributed by atoms with Gasteiger partial charge < -0.3 is 19.5 Å². The molecule has 0 fully saturated rings. The molecule has 2 aliphatic rings. The first-order chi connectivity index (χ1) is 16.4. The molecule has 6 nitrogen and oxygen atoms in total. The number of methoxy groups -OCH3 is 1. The van der Waals surface area contributed by atoms with Crippen LogP contribution in [0.3, 0.4) is 0 Å². The van der Waals surface area contributed by atoms with E-state index in [1.807, 2.05) is 42.5 Å². The molecule has 0 radical (unpaired) electrons. The number of benzene rings is 2. The van der Waals surface area contributed by atoms with Gasteiger partial charge in [-0.25, -0.2) is 0 Å². The number of carbonyl (C=O) groups is 2. The summed E-state index contributed by atoms with van der Waals surface area (Å²) in [5.41, 5.74) is 3.71. The van der Waals surface area contributed by atoms with Gasteiger partial charge in [-0.15, -0.1) is 0 Å². The Morgan fingerprint density at radius 1 is 1.21 bits per heavy atom. The molecule has 2 aromatic carbocycles. The molecule has 2 aromatic rings. The van der Waals surface area contributed by atoms with Crippen LogP contribution in [-0.2, 0) is 20.9 Å². The van der Waals surface area contributed by atoms with Crippen LogP contribution in [-0.4, -0.2) is 25.5 Å². The number of allylic oxidation sites excluding steroid dienone is 2. The smallest absolute Gasteiger partial charge is 0.315 e. The standard InChI is InChI=1S/C27H28BrNO5/c1-4-33-27(31)24-16(2)29-21-9-6-10-22(30)26(21)25(24)17-11-12-23(32-3)18(13-17)15-34-20-8-5-7-19(28)14-20/h5,7-8,11-14,24-25,29H,2,4,6,9-10,15H2,1,3H3. The predicted molar refractivity (Wildman–Crippen MR) is 132 cm³/mol. The van der Waals surface area contributed by atoms with Crippen molar-refractivity contribution in [2.24, 2.45) is 5.92 Å². The summed E-state index contributed by atoms with van der Waals surface area (Å²) in [7, 11) is 1.61. The van der Waals surface area contributed by atoms with Crippen LogP contribution in [0.5, 0.6) is 11.5 Å². The average molecular weight is 526 g/mol. The van der Waals surface area contributed by atoms with Gasteiger partial charge in [0.15, 0.2) is 5.78 Å². The van der Waals surface area contributed by atoms with E-state index >= 15 is 0 Å². The van der Waals surface area contributed by atoms with Gasteiger partial charge in [-0.2, -0.15) is 0 Å². The van der Waals surface area contributed by atoms with Crippen molar-refractivity contribution in [1.82, 2.24) is 5.32 Å². The summed E-state index contributed by atoms with van der Waals surface area (Å²) in [6.45, 7) is 6.41. The van der Waals surface area contributed by atoms with Crippen molar-refractivity contribution in [3.63, 3.8) is 0 Å². The minimum Gasteiger partial charge on any atom is -0.496 e. The SMILES string of the molecule is C=C1NC2=C(C(=O)CCC2)C(c2ccc(OC)c(COc3cccc(Br)c3)c2)C1C(=O)OCC. The molecule has 34 heavy (non-hydrogen) atoms. The average Bonchev–Trinajstić information content (AvgIpc) is 2.82. The van der Waals surface area contributed by atoms with Crippen LogP contribution in [0.15, 0.2) is 70.5 Å². The topological polar surface area (TPSA) is 73.9 Å². The molecular formula is C27H28BrNO5. The lowest BCUT2D eigenvalue weighted by molar-refractivity contribution is -0.147. The Bertz CT molecular complexity index is 1160. The molecule has 0 bridgehead atoms. The lowest BCUT2D eigenvalue weighted by atomic mass is 9.71. The number of ketones is 1. The summed E-state index contributed by atoms with van der Waals surface area (Å²) in [4.78, 5) is 26.1. The van der Waals surface area contributed by atoms with E-state index in [9.17, 15) is 9.59 Å². The van der Waals surface area contributed by atoms with E-state index in [2.05, 4.69) is 27.8 Å². The Kier molecular flexibility index (Phi) is 7.41. The Morgan fingerprint density at radius 3 is 2.76 bits per heavy atom. The van der Waals surface area contributed by atoms with Gasteiger partial charge in [0.1, 0.15) is 24.0 Å². The Balaban J connectivity index is 1.75. The maximum absolute atomic E-state index is 13.1. The largest absolute Gasteiger partial charge is 0.496 e. The lowest BCUT2D eigenvalue weighted by Crippen LogP contribution is -2.41. The number of halogens is 1. The monoisotopic (exact) mass is 525 g/mol. The van der Waals surface area contributed by atoms with Crippen LogP contribution in [0, 0.1) is 5.92 Å². The quantitative estimate of drug-likeness (QED) is 0.486. The Hall–Kier alpha value is -3.06. The summed E-state index contributed by atoms with van der Waals surface area (Å²) in [5.74, 6) is -0.127. The number of hydrogen-bond acceptors (Lipinski definition) is 6. The molecule has 0 aromatic heterocycles. The fourth-order valence-corrected chi connectivity index (χ4v) is 5.06. The maximum Gasteiger partial charge on any atom is 0.315 e. The molecule has 4 rings (SSSR count). The van der Waals surface area contributed by atoms with E-state index in [0.29, 0.717) is 29.2 Å². The van der Waals surface area contributed by atoms with E-state index in [4.69, 9.17) is 14.2 Å². The zero-order valence-corrected chi connectivity index (χ0v) is 20.9. The van der Waals surface area contributed by atoms with Crippen LogP contribution in [0.2, 0.25) is 0 Å². The molecule has 0 spiro atoms. The molecule has 0 amide bonds. The Labute approximate surface area is 208 Å². The second-order valence-electron chi connectivity index (χ2n) is 8.34. The van der Waals surface area contributed by atoms with Crippen molar-refractivity contribution in [2.75, 3.05) is 13.7 Å². The van der Waals surface area contributed by atoms with Gasteiger partial charge in [-0.1, -0.05) is 34.6 Å². The van der Waals surface area contributed by atoms with Gasteiger partial charge in [0.2, 0.25) is 0 Å². The second kappa shape index (κ2) is 10.5. The summed E-state index contributed by atoms with van der Waals surface area (Å²) in [5, 5.41) is 3.24. The van der Waals surface area contributed by atoms with Gasteiger partial charge in [0.05, 0.1) is 13.7 Å². The number of ether oxygens (including phenoxy) is 3. The number of carbonyl (C=O) groups excluding carboxylic acids is 2. The highest BCUT2D eigenvalue weighted by Crippen LogP contribution is 2.45. The summed E-state index contributed by atoms with van der Waals surface area (Å²) in [6.07, 6.45) is 2.00. The summed E-state index contributed by atoms with van der Waals surface area (Å²) < 4.78 is 17.9. The van der Waals surface area contributed by atoms with Crippen LogP contribution in [0.1, 0.15) is 43.2 Å². The van der Waals surface area contributed by atoms with Crippen molar-refractivity contribution in [1.29, 1.82) is 0 Å². The first-order valence-corrected chi connectivity index (χ1v) is 12.2. The number of hydrogen-bond donors (Lipinski definition) is 1. The molecule has 0 saturated carbocycles. The first-order valence-electron chi connectivity index (χ1n) is 11.4. The minimum atomic E-state index is -0.701. The molecule has 1 N–H and O–H groups in total. The van der Waals surface area contributed by atoms with Crippen LogP contribution in [0.4, 0.5) is 0 Å². The molecular weight excluding hydrogens is 498 g/mol. The molecule has 2 atom stereocenters. The fourth-order valence-electron chi connectivity index (χ4n) is 4.69. The normalized spacial score (nSPS) is 19.9. The fraction of sp³-hybridized carbons (Fsp3) is 0.333. The van der Waals surface area contributed by atoms with Gasteiger partial charge in [0.25, 0.3) is 0 Å². The molecule has 1 heterocycles. The summed E-state index contributed by atoms with van der Waals surface area (Å²) >= 11 is 3.46. The predicted octanol–water partition coefficient (Wildman–Crippen LogP) is 5.42. The van der Waals surface area contributed by atoms with E-state index in [-0.39, 0.29) is 19.0 Å². The van der Waals surface area contributed by atoms with E-state index in [1.165, 1.54) is 0 Å². The van der Waals surface area contributed by atoms with E-state index < -0.39 is 17.8 Å². The maximum atomic E-state index is 13.1. The van der Waals surface area contributed by atoms with E-state index in [0.717, 1.165) is 34.1 Å². The van der Waals surface area contributed by atoms with Gasteiger partial charge in [-0.3, -0.25) is 9.59 Å². The second-order valence-corrected chi connectivity index (χ2v) is 9.26. The highest BCUT2D eigenvalue weighted by atomic mass is 79.9. The number of esters is 1.